The predicted octanol–water partition coefficient (Wildman–Crippen LogP) is 2.77. The molecule has 1 atom stereocenters. The number of ether oxygens (including phenoxy) is 1. The summed E-state index contributed by atoms with van der Waals surface area (Å²) in [6, 6.07) is 14.3. The summed E-state index contributed by atoms with van der Waals surface area (Å²) >= 11 is 0. The van der Waals surface area contributed by atoms with Gasteiger partial charge in [-0.1, -0.05) is 24.3 Å². The second-order valence-electron chi connectivity index (χ2n) is 6.22. The molecule has 0 bridgehead atoms. The molecule has 0 aliphatic heterocycles. The fourth-order valence-corrected chi connectivity index (χ4v) is 2.36. The van der Waals surface area contributed by atoms with Gasteiger partial charge in [0.15, 0.2) is 0 Å². The first-order valence-corrected chi connectivity index (χ1v) is 8.40. The molecular weight excluding hydrogens is 330 g/mol. The van der Waals surface area contributed by atoms with E-state index in [2.05, 4.69) is 10.6 Å². The van der Waals surface area contributed by atoms with Crippen molar-refractivity contribution in [3.8, 4) is 5.75 Å². The van der Waals surface area contributed by atoms with Crippen molar-refractivity contribution in [2.24, 2.45) is 0 Å². The number of hydrogen-bond acceptors (Lipinski definition) is 4. The van der Waals surface area contributed by atoms with Crippen LogP contribution < -0.4 is 15.4 Å². The number of carbonyl (C=O) groups is 2. The maximum Gasteiger partial charge on any atom is 0.246 e. The van der Waals surface area contributed by atoms with Crippen LogP contribution in [-0.2, 0) is 16.0 Å². The van der Waals surface area contributed by atoms with Gasteiger partial charge in [-0.05, 0) is 36.8 Å². The molecule has 0 fully saturated rings. The van der Waals surface area contributed by atoms with Gasteiger partial charge in [-0.2, -0.15) is 0 Å². The molecule has 0 saturated heterocycles. The third-order valence-corrected chi connectivity index (χ3v) is 3.95. The van der Waals surface area contributed by atoms with Gasteiger partial charge in [0, 0.05) is 19.8 Å². The number of methoxy groups -OCH3 is 1. The third-order valence-electron chi connectivity index (χ3n) is 3.95. The molecule has 0 saturated carbocycles. The number of anilines is 2. The van der Waals surface area contributed by atoms with Gasteiger partial charge in [0.05, 0.1) is 19.2 Å². The summed E-state index contributed by atoms with van der Waals surface area (Å²) in [7, 11) is 5.04. The molecule has 0 spiro atoms. The Hall–Kier alpha value is -3.02. The molecule has 2 aromatic rings. The van der Waals surface area contributed by atoms with E-state index in [9.17, 15) is 9.59 Å². The van der Waals surface area contributed by atoms with E-state index in [0.717, 1.165) is 11.3 Å². The molecule has 0 aliphatic rings. The zero-order valence-corrected chi connectivity index (χ0v) is 15.6. The number of rotatable bonds is 7. The predicted molar refractivity (Wildman–Crippen MR) is 104 cm³/mol. The van der Waals surface area contributed by atoms with Crippen LogP contribution in [0.3, 0.4) is 0 Å². The first-order valence-electron chi connectivity index (χ1n) is 8.40. The summed E-state index contributed by atoms with van der Waals surface area (Å²) in [6.45, 7) is 1.79. The lowest BCUT2D eigenvalue weighted by Gasteiger charge is -2.17. The van der Waals surface area contributed by atoms with Crippen LogP contribution in [0.5, 0.6) is 5.75 Å². The number of para-hydroxylation sites is 2. The standard InChI is InChI=1S/C20H25N3O3/c1-14(20(25)22-17-7-5-6-8-18(17)26-4)21-16-11-9-15(10-12-16)13-19(24)23(2)3/h5-12,14,21H,13H2,1-4H3,(H,22,25). The summed E-state index contributed by atoms with van der Waals surface area (Å²) in [4.78, 5) is 25.7. The van der Waals surface area contributed by atoms with Gasteiger partial charge < -0.3 is 20.3 Å². The van der Waals surface area contributed by atoms with Crippen molar-refractivity contribution in [2.45, 2.75) is 19.4 Å². The Labute approximate surface area is 154 Å². The number of likely N-dealkylation sites (N-methyl/N-ethyl adjacent to an activating group) is 1. The number of hydrogen-bond donors (Lipinski definition) is 2. The van der Waals surface area contributed by atoms with Gasteiger partial charge in [0.1, 0.15) is 11.8 Å². The van der Waals surface area contributed by atoms with Crippen molar-refractivity contribution >= 4 is 23.2 Å². The highest BCUT2D eigenvalue weighted by Crippen LogP contribution is 2.23. The van der Waals surface area contributed by atoms with Crippen molar-refractivity contribution in [1.82, 2.24) is 4.90 Å². The topological polar surface area (TPSA) is 70.7 Å². The molecule has 2 N–H and O–H groups in total. The van der Waals surface area contributed by atoms with Gasteiger partial charge >= 0.3 is 0 Å². The van der Waals surface area contributed by atoms with Crippen molar-refractivity contribution in [3.05, 3.63) is 54.1 Å². The maximum absolute atomic E-state index is 12.4. The molecule has 0 aliphatic carbocycles. The van der Waals surface area contributed by atoms with Gasteiger partial charge in [-0.15, -0.1) is 0 Å². The summed E-state index contributed by atoms with van der Waals surface area (Å²) in [5.74, 6) is 0.500. The molecule has 26 heavy (non-hydrogen) atoms. The van der Waals surface area contributed by atoms with E-state index in [1.807, 2.05) is 36.4 Å². The second kappa shape index (κ2) is 8.89. The van der Waals surface area contributed by atoms with E-state index < -0.39 is 6.04 Å². The van der Waals surface area contributed by atoms with Gasteiger partial charge in [0.2, 0.25) is 11.8 Å². The van der Waals surface area contributed by atoms with E-state index in [0.29, 0.717) is 17.9 Å². The first kappa shape index (κ1) is 19.3. The van der Waals surface area contributed by atoms with Crippen molar-refractivity contribution in [2.75, 3.05) is 31.8 Å². The largest absolute Gasteiger partial charge is 0.495 e. The molecule has 2 amide bonds. The van der Waals surface area contributed by atoms with Gasteiger partial charge in [-0.3, -0.25) is 9.59 Å². The van der Waals surface area contributed by atoms with Crippen LogP contribution in [0, 0.1) is 0 Å². The minimum atomic E-state index is -0.436. The van der Waals surface area contributed by atoms with E-state index in [-0.39, 0.29) is 11.8 Å². The van der Waals surface area contributed by atoms with Crippen LogP contribution in [0.4, 0.5) is 11.4 Å². The number of nitrogens with zero attached hydrogens (tertiary/aromatic N) is 1. The highest BCUT2D eigenvalue weighted by atomic mass is 16.5. The smallest absolute Gasteiger partial charge is 0.246 e. The highest BCUT2D eigenvalue weighted by Gasteiger charge is 2.15. The SMILES string of the molecule is COc1ccccc1NC(=O)C(C)Nc1ccc(CC(=O)N(C)C)cc1. The van der Waals surface area contributed by atoms with Crippen LogP contribution in [-0.4, -0.2) is 44.0 Å². The summed E-state index contributed by atoms with van der Waals surface area (Å²) < 4.78 is 5.24. The van der Waals surface area contributed by atoms with E-state index in [4.69, 9.17) is 4.74 Å². The molecule has 6 heteroatoms. The normalized spacial score (nSPS) is 11.4. The minimum absolute atomic E-state index is 0.0512. The zero-order valence-electron chi connectivity index (χ0n) is 15.6. The molecule has 138 valence electrons. The van der Waals surface area contributed by atoms with Crippen LogP contribution in [0.25, 0.3) is 0 Å². The van der Waals surface area contributed by atoms with Crippen LogP contribution in [0.2, 0.25) is 0 Å². The third kappa shape index (κ3) is 5.24. The van der Waals surface area contributed by atoms with E-state index in [1.165, 1.54) is 0 Å². The number of nitrogens with one attached hydrogen (secondary N) is 2. The van der Waals surface area contributed by atoms with Crippen LogP contribution >= 0.6 is 0 Å². The Morgan fingerprint density at radius 3 is 2.35 bits per heavy atom. The maximum atomic E-state index is 12.4. The second-order valence-corrected chi connectivity index (χ2v) is 6.22. The Morgan fingerprint density at radius 2 is 1.73 bits per heavy atom. The molecule has 0 heterocycles. The molecule has 2 rings (SSSR count). The summed E-state index contributed by atoms with van der Waals surface area (Å²) in [6.07, 6.45) is 0.358. The molecule has 0 radical (unpaired) electrons. The number of carbonyl (C=O) groups excluding carboxylic acids is 2. The van der Waals surface area contributed by atoms with E-state index >= 15 is 0 Å². The quantitative estimate of drug-likeness (QED) is 0.801. The molecule has 0 aromatic heterocycles. The lowest BCUT2D eigenvalue weighted by molar-refractivity contribution is -0.128. The summed E-state index contributed by atoms with van der Waals surface area (Å²) in [5, 5.41) is 6.01. The minimum Gasteiger partial charge on any atom is -0.495 e. The Balaban J connectivity index is 1.95. The number of benzene rings is 2. The lowest BCUT2D eigenvalue weighted by Crippen LogP contribution is -2.32. The van der Waals surface area contributed by atoms with Crippen LogP contribution in [0.15, 0.2) is 48.5 Å². The van der Waals surface area contributed by atoms with Crippen LogP contribution in [0.1, 0.15) is 12.5 Å². The first-order chi connectivity index (χ1) is 12.4. The van der Waals surface area contributed by atoms with Crippen molar-refractivity contribution < 1.29 is 14.3 Å². The zero-order chi connectivity index (χ0) is 19.1. The summed E-state index contributed by atoms with van der Waals surface area (Å²) in [5.41, 5.74) is 2.38. The lowest BCUT2D eigenvalue weighted by atomic mass is 10.1. The molecule has 2 aromatic carbocycles. The Kier molecular flexibility index (Phi) is 6.60. The molecule has 1 unspecified atom stereocenters. The average Bonchev–Trinajstić information content (AvgIpc) is 2.63. The van der Waals surface area contributed by atoms with E-state index in [1.54, 1.807) is 45.2 Å². The van der Waals surface area contributed by atoms with Gasteiger partial charge in [-0.25, -0.2) is 0 Å². The fourth-order valence-electron chi connectivity index (χ4n) is 2.36. The molecule has 6 nitrogen and oxygen atoms in total. The number of amides is 2. The monoisotopic (exact) mass is 355 g/mol. The highest BCUT2D eigenvalue weighted by molar-refractivity contribution is 5.97. The fraction of sp³-hybridized carbons (Fsp3) is 0.300. The Bertz CT molecular complexity index is 757. The van der Waals surface area contributed by atoms with Gasteiger partial charge in [0.25, 0.3) is 0 Å². The molecular formula is C20H25N3O3. The average molecular weight is 355 g/mol. The Morgan fingerprint density at radius 1 is 1.08 bits per heavy atom. The van der Waals surface area contributed by atoms with Crippen molar-refractivity contribution in [3.63, 3.8) is 0 Å². The van der Waals surface area contributed by atoms with Crippen molar-refractivity contribution in [1.29, 1.82) is 0 Å².